The van der Waals surface area contributed by atoms with Gasteiger partial charge in [0, 0.05) is 38.8 Å². The Bertz CT molecular complexity index is 572. The third kappa shape index (κ3) is 3.66. The van der Waals surface area contributed by atoms with Crippen LogP contribution in [0.2, 0.25) is 0 Å². The fourth-order valence-electron chi connectivity index (χ4n) is 2.69. The molecule has 1 aliphatic heterocycles. The maximum Gasteiger partial charge on any atom is 0.246 e. The Balaban J connectivity index is 2.09. The summed E-state index contributed by atoms with van der Waals surface area (Å²) in [5, 5.41) is 0. The molecule has 1 aromatic heterocycles. The summed E-state index contributed by atoms with van der Waals surface area (Å²) in [5.41, 5.74) is 5.51. The molecule has 2 N–H and O–H groups in total. The molecule has 6 nitrogen and oxygen atoms in total. The van der Waals surface area contributed by atoms with E-state index in [1.807, 2.05) is 0 Å². The molecule has 0 aliphatic carbocycles. The first-order chi connectivity index (χ1) is 9.84. The first-order valence-electron chi connectivity index (χ1n) is 7.36. The highest BCUT2D eigenvalue weighted by molar-refractivity contribution is 7.89. The van der Waals surface area contributed by atoms with Gasteiger partial charge in [-0.15, -0.1) is 0 Å². The molecule has 2 heterocycles. The summed E-state index contributed by atoms with van der Waals surface area (Å²) in [7, 11) is -3.48. The molecule has 0 aromatic carbocycles. The van der Waals surface area contributed by atoms with Crippen molar-refractivity contribution in [2.75, 3.05) is 32.7 Å². The lowest BCUT2D eigenvalue weighted by Crippen LogP contribution is -2.49. The largest absolute Gasteiger partial charge is 0.464 e. The summed E-state index contributed by atoms with van der Waals surface area (Å²) in [4.78, 5) is 2.56. The second-order valence-corrected chi connectivity index (χ2v) is 7.84. The summed E-state index contributed by atoms with van der Waals surface area (Å²) < 4.78 is 32.3. The van der Waals surface area contributed by atoms with Gasteiger partial charge in [0.15, 0.2) is 0 Å². The first-order valence-corrected chi connectivity index (χ1v) is 8.80. The monoisotopic (exact) mass is 315 g/mol. The van der Waals surface area contributed by atoms with Crippen LogP contribution in [0.25, 0.3) is 0 Å². The molecule has 1 aliphatic rings. The highest BCUT2D eigenvalue weighted by atomic mass is 32.2. The lowest BCUT2D eigenvalue weighted by Gasteiger charge is -2.34. The van der Waals surface area contributed by atoms with E-state index >= 15 is 0 Å². The van der Waals surface area contributed by atoms with Crippen molar-refractivity contribution in [3.8, 4) is 0 Å². The normalized spacial score (nSPS) is 18.5. The molecule has 0 bridgehead atoms. The van der Waals surface area contributed by atoms with Crippen molar-refractivity contribution < 1.29 is 12.8 Å². The summed E-state index contributed by atoms with van der Waals surface area (Å²) in [6, 6.07) is 1.55. The SMILES string of the molecule is Cc1oc(CN)cc1S(=O)(=O)N1CCN(CC(C)C)CC1. The van der Waals surface area contributed by atoms with Gasteiger partial charge < -0.3 is 15.1 Å². The Morgan fingerprint density at radius 2 is 1.90 bits per heavy atom. The number of piperazine rings is 1. The summed E-state index contributed by atoms with van der Waals surface area (Å²) in [5.74, 6) is 1.51. The molecule has 0 unspecified atom stereocenters. The number of rotatable bonds is 5. The molecule has 2 rings (SSSR count). The number of nitrogens with two attached hydrogens (primary N) is 1. The van der Waals surface area contributed by atoms with Gasteiger partial charge in [0.1, 0.15) is 16.4 Å². The lowest BCUT2D eigenvalue weighted by molar-refractivity contribution is 0.172. The van der Waals surface area contributed by atoms with Crippen molar-refractivity contribution in [3.05, 3.63) is 17.6 Å². The first kappa shape index (κ1) is 16.5. The number of hydrogen-bond donors (Lipinski definition) is 1. The molecule has 0 atom stereocenters. The topological polar surface area (TPSA) is 79.8 Å². The summed E-state index contributed by atoms with van der Waals surface area (Å²) in [6.07, 6.45) is 0. The molecule has 7 heteroatoms. The zero-order valence-electron chi connectivity index (χ0n) is 13.0. The zero-order chi connectivity index (χ0) is 15.6. The van der Waals surface area contributed by atoms with Crippen molar-refractivity contribution in [1.82, 2.24) is 9.21 Å². The second-order valence-electron chi connectivity index (χ2n) is 5.94. The molecule has 0 amide bonds. The van der Waals surface area contributed by atoms with Gasteiger partial charge in [-0.05, 0) is 12.8 Å². The van der Waals surface area contributed by atoms with Gasteiger partial charge in [0.25, 0.3) is 0 Å². The second kappa shape index (κ2) is 6.48. The molecule has 0 spiro atoms. The fraction of sp³-hybridized carbons (Fsp3) is 0.714. The van der Waals surface area contributed by atoms with Crippen molar-refractivity contribution in [3.63, 3.8) is 0 Å². The average Bonchev–Trinajstić information content (AvgIpc) is 2.81. The minimum atomic E-state index is -3.48. The van der Waals surface area contributed by atoms with E-state index in [4.69, 9.17) is 10.2 Å². The third-order valence-electron chi connectivity index (χ3n) is 3.70. The van der Waals surface area contributed by atoms with Crippen LogP contribution in [0, 0.1) is 12.8 Å². The van der Waals surface area contributed by atoms with Crippen molar-refractivity contribution in [2.24, 2.45) is 11.7 Å². The maximum absolute atomic E-state index is 12.7. The van der Waals surface area contributed by atoms with E-state index in [0.29, 0.717) is 30.5 Å². The van der Waals surface area contributed by atoms with Crippen molar-refractivity contribution >= 4 is 10.0 Å². The van der Waals surface area contributed by atoms with Crippen molar-refractivity contribution in [1.29, 1.82) is 0 Å². The van der Waals surface area contributed by atoms with E-state index < -0.39 is 10.0 Å². The van der Waals surface area contributed by atoms with Gasteiger partial charge >= 0.3 is 0 Å². The summed E-state index contributed by atoms with van der Waals surface area (Å²) in [6.45, 7) is 9.83. The smallest absolute Gasteiger partial charge is 0.246 e. The molecule has 1 aromatic rings. The van der Waals surface area contributed by atoms with Crippen LogP contribution in [0.4, 0.5) is 0 Å². The van der Waals surface area contributed by atoms with Gasteiger partial charge in [0.05, 0.1) is 6.54 Å². The Hall–Kier alpha value is -0.890. The molecular formula is C14H25N3O3S. The van der Waals surface area contributed by atoms with Crippen LogP contribution in [0.3, 0.4) is 0 Å². The van der Waals surface area contributed by atoms with E-state index in [0.717, 1.165) is 19.6 Å². The van der Waals surface area contributed by atoms with Gasteiger partial charge in [-0.1, -0.05) is 13.8 Å². The highest BCUT2D eigenvalue weighted by Crippen LogP contribution is 2.24. The Morgan fingerprint density at radius 3 is 2.38 bits per heavy atom. The zero-order valence-corrected chi connectivity index (χ0v) is 13.8. The molecule has 21 heavy (non-hydrogen) atoms. The van der Waals surface area contributed by atoms with E-state index in [-0.39, 0.29) is 11.4 Å². The number of hydrogen-bond acceptors (Lipinski definition) is 5. The highest BCUT2D eigenvalue weighted by Gasteiger charge is 2.31. The van der Waals surface area contributed by atoms with Crippen LogP contribution in [0.15, 0.2) is 15.4 Å². The number of nitrogens with zero attached hydrogens (tertiary/aromatic N) is 2. The maximum atomic E-state index is 12.7. The standard InChI is InChI=1S/C14H25N3O3S/c1-11(2)10-16-4-6-17(7-5-16)21(18,19)14-8-13(9-15)20-12(14)3/h8,11H,4-7,9-10,15H2,1-3H3. The Labute approximate surface area is 126 Å². The Morgan fingerprint density at radius 1 is 1.29 bits per heavy atom. The van der Waals surface area contributed by atoms with Gasteiger partial charge in [-0.25, -0.2) is 8.42 Å². The van der Waals surface area contributed by atoms with Gasteiger partial charge in [0.2, 0.25) is 10.0 Å². The predicted octanol–water partition coefficient (Wildman–Crippen LogP) is 1.01. The van der Waals surface area contributed by atoms with Crippen molar-refractivity contribution in [2.45, 2.75) is 32.2 Å². The molecule has 0 saturated carbocycles. The van der Waals surface area contributed by atoms with E-state index in [2.05, 4.69) is 18.7 Å². The average molecular weight is 315 g/mol. The fourth-order valence-corrected chi connectivity index (χ4v) is 4.30. The van der Waals surface area contributed by atoms with Crippen LogP contribution >= 0.6 is 0 Å². The molecule has 120 valence electrons. The molecule has 1 fully saturated rings. The molecular weight excluding hydrogens is 290 g/mol. The molecule has 0 radical (unpaired) electrons. The molecule has 1 saturated heterocycles. The van der Waals surface area contributed by atoms with Gasteiger partial charge in [-0.2, -0.15) is 4.31 Å². The predicted molar refractivity (Wildman–Crippen MR) is 81.4 cm³/mol. The Kier molecular flexibility index (Phi) is 5.08. The number of aryl methyl sites for hydroxylation is 1. The summed E-state index contributed by atoms with van der Waals surface area (Å²) >= 11 is 0. The lowest BCUT2D eigenvalue weighted by atomic mass is 10.2. The quantitative estimate of drug-likeness (QED) is 0.877. The van der Waals surface area contributed by atoms with Crippen LogP contribution < -0.4 is 5.73 Å². The van der Waals surface area contributed by atoms with Crippen LogP contribution in [0.1, 0.15) is 25.4 Å². The minimum Gasteiger partial charge on any atom is -0.464 e. The van der Waals surface area contributed by atoms with E-state index in [1.165, 1.54) is 0 Å². The number of furan rings is 1. The minimum absolute atomic E-state index is 0.207. The third-order valence-corrected chi connectivity index (χ3v) is 5.70. The van der Waals surface area contributed by atoms with Gasteiger partial charge in [-0.3, -0.25) is 0 Å². The number of sulfonamides is 1. The van der Waals surface area contributed by atoms with Crippen LogP contribution in [0.5, 0.6) is 0 Å². The van der Waals surface area contributed by atoms with Crippen LogP contribution in [-0.2, 0) is 16.6 Å². The van der Waals surface area contributed by atoms with Crippen LogP contribution in [-0.4, -0.2) is 50.3 Å². The van der Waals surface area contributed by atoms with E-state index in [1.54, 1.807) is 17.3 Å². The van der Waals surface area contributed by atoms with E-state index in [9.17, 15) is 8.42 Å².